The number of hydrogen-bond acceptors (Lipinski definition) is 3. The summed E-state index contributed by atoms with van der Waals surface area (Å²) < 4.78 is 5.33. The Labute approximate surface area is 120 Å². The molecular weight excluding hydrogens is 248 g/mol. The van der Waals surface area contributed by atoms with E-state index in [0.29, 0.717) is 5.92 Å². The lowest BCUT2D eigenvalue weighted by Gasteiger charge is -2.34. The zero-order valence-electron chi connectivity index (χ0n) is 12.3. The van der Waals surface area contributed by atoms with Crippen molar-refractivity contribution < 1.29 is 4.74 Å². The van der Waals surface area contributed by atoms with E-state index in [-0.39, 0.29) is 0 Å². The molecule has 1 fully saturated rings. The highest BCUT2D eigenvalue weighted by Crippen LogP contribution is 2.30. The molecule has 1 aliphatic rings. The van der Waals surface area contributed by atoms with Crippen LogP contribution in [0.4, 0.5) is 5.69 Å². The molecule has 1 saturated heterocycles. The minimum Gasteiger partial charge on any atom is -0.384 e. The lowest BCUT2D eigenvalue weighted by atomic mass is 9.97. The number of pyridine rings is 1. The Morgan fingerprint density at radius 2 is 2.25 bits per heavy atom. The Kier molecular flexibility index (Phi) is 3.88. The molecule has 1 aromatic carbocycles. The van der Waals surface area contributed by atoms with Crippen molar-refractivity contribution in [3.63, 3.8) is 0 Å². The quantitative estimate of drug-likeness (QED) is 0.854. The Balaban J connectivity index is 1.95. The molecule has 1 aliphatic heterocycles. The van der Waals surface area contributed by atoms with Gasteiger partial charge < -0.3 is 9.64 Å². The second-order valence-corrected chi connectivity index (χ2v) is 5.71. The average Bonchev–Trinajstić information content (AvgIpc) is 2.48. The zero-order valence-corrected chi connectivity index (χ0v) is 12.3. The van der Waals surface area contributed by atoms with E-state index in [4.69, 9.17) is 4.74 Å². The fourth-order valence-electron chi connectivity index (χ4n) is 3.24. The number of benzene rings is 1. The smallest absolute Gasteiger partial charge is 0.0751 e. The van der Waals surface area contributed by atoms with Crippen LogP contribution in [0.1, 0.15) is 18.4 Å². The van der Waals surface area contributed by atoms with Crippen LogP contribution in [0.5, 0.6) is 0 Å². The van der Waals surface area contributed by atoms with Crippen molar-refractivity contribution in [3.8, 4) is 0 Å². The molecule has 1 unspecified atom stereocenters. The number of piperidine rings is 1. The van der Waals surface area contributed by atoms with Gasteiger partial charge in [0.25, 0.3) is 0 Å². The van der Waals surface area contributed by atoms with E-state index in [1.165, 1.54) is 29.5 Å². The molecule has 1 atom stereocenters. The molecule has 3 rings (SSSR count). The number of aryl methyl sites for hydroxylation is 1. The number of fused-ring (bicyclic) bond motifs is 1. The van der Waals surface area contributed by atoms with E-state index in [9.17, 15) is 0 Å². The minimum atomic E-state index is 0.641. The van der Waals surface area contributed by atoms with Gasteiger partial charge in [-0.25, -0.2) is 0 Å². The summed E-state index contributed by atoms with van der Waals surface area (Å²) in [6.07, 6.45) is 4.45. The first-order chi connectivity index (χ1) is 9.79. The largest absolute Gasteiger partial charge is 0.384 e. The maximum Gasteiger partial charge on any atom is 0.0751 e. The van der Waals surface area contributed by atoms with Crippen LogP contribution in [0, 0.1) is 12.8 Å². The monoisotopic (exact) mass is 270 g/mol. The van der Waals surface area contributed by atoms with E-state index in [2.05, 4.69) is 41.1 Å². The molecule has 0 aliphatic carbocycles. The molecule has 0 bridgehead atoms. The van der Waals surface area contributed by atoms with E-state index in [1.54, 1.807) is 7.11 Å². The first-order valence-corrected chi connectivity index (χ1v) is 7.38. The first kappa shape index (κ1) is 13.4. The highest BCUT2D eigenvalue weighted by molar-refractivity contribution is 5.93. The van der Waals surface area contributed by atoms with Crippen LogP contribution in [0.2, 0.25) is 0 Å². The molecule has 1 aromatic heterocycles. The molecule has 0 N–H and O–H groups in total. The highest BCUT2D eigenvalue weighted by Gasteiger charge is 2.21. The molecule has 3 nitrogen and oxygen atoms in total. The predicted molar refractivity (Wildman–Crippen MR) is 83.3 cm³/mol. The number of ether oxygens (including phenoxy) is 1. The number of hydrogen-bond donors (Lipinski definition) is 0. The van der Waals surface area contributed by atoms with Gasteiger partial charge >= 0.3 is 0 Å². The van der Waals surface area contributed by atoms with Crippen LogP contribution in [0.3, 0.4) is 0 Å². The lowest BCUT2D eigenvalue weighted by Crippen LogP contribution is -2.37. The van der Waals surface area contributed by atoms with Gasteiger partial charge in [0.15, 0.2) is 0 Å². The van der Waals surface area contributed by atoms with Gasteiger partial charge in [0.05, 0.1) is 12.1 Å². The number of nitrogens with zero attached hydrogens (tertiary/aromatic N) is 2. The minimum absolute atomic E-state index is 0.641. The molecule has 0 saturated carbocycles. The fourth-order valence-corrected chi connectivity index (χ4v) is 3.24. The molecule has 0 spiro atoms. The summed E-state index contributed by atoms with van der Waals surface area (Å²) in [7, 11) is 1.80. The van der Waals surface area contributed by atoms with Crippen molar-refractivity contribution in [2.45, 2.75) is 19.8 Å². The number of rotatable bonds is 3. The average molecular weight is 270 g/mol. The third-order valence-electron chi connectivity index (χ3n) is 4.21. The Morgan fingerprint density at radius 1 is 1.35 bits per heavy atom. The van der Waals surface area contributed by atoms with Crippen LogP contribution in [-0.2, 0) is 4.74 Å². The zero-order chi connectivity index (χ0) is 13.9. The SMILES string of the molecule is COCC1CCCN(c2ccnc3c(C)cccc23)C1. The summed E-state index contributed by atoms with van der Waals surface area (Å²) in [5.74, 6) is 0.641. The van der Waals surface area contributed by atoms with Gasteiger partial charge in [-0.2, -0.15) is 0 Å². The van der Waals surface area contributed by atoms with Gasteiger partial charge in [0.2, 0.25) is 0 Å². The van der Waals surface area contributed by atoms with Crippen molar-refractivity contribution >= 4 is 16.6 Å². The highest BCUT2D eigenvalue weighted by atomic mass is 16.5. The van der Waals surface area contributed by atoms with Crippen LogP contribution in [0.15, 0.2) is 30.5 Å². The maximum absolute atomic E-state index is 5.33. The van der Waals surface area contributed by atoms with Crippen LogP contribution in [-0.4, -0.2) is 31.8 Å². The number of aromatic nitrogens is 1. The molecule has 20 heavy (non-hydrogen) atoms. The summed E-state index contributed by atoms with van der Waals surface area (Å²) in [5.41, 5.74) is 3.69. The summed E-state index contributed by atoms with van der Waals surface area (Å²) in [5, 5.41) is 1.27. The standard InChI is InChI=1S/C17H22N2O/c1-13-5-3-7-15-16(8-9-18-17(13)15)19-10-4-6-14(11-19)12-20-2/h3,5,7-9,14H,4,6,10-12H2,1-2H3. The molecule has 3 heteroatoms. The summed E-state index contributed by atoms with van der Waals surface area (Å²) in [6.45, 7) is 5.20. The predicted octanol–water partition coefficient (Wildman–Crippen LogP) is 3.41. The third-order valence-corrected chi connectivity index (χ3v) is 4.21. The van der Waals surface area contributed by atoms with Crippen molar-refractivity contribution in [1.82, 2.24) is 4.98 Å². The molecule has 0 amide bonds. The molecule has 106 valence electrons. The van der Waals surface area contributed by atoms with Crippen molar-refractivity contribution in [2.75, 3.05) is 31.7 Å². The molecule has 2 aromatic rings. The number of methoxy groups -OCH3 is 1. The van der Waals surface area contributed by atoms with E-state index in [0.717, 1.165) is 25.2 Å². The number of para-hydroxylation sites is 1. The van der Waals surface area contributed by atoms with Gasteiger partial charge in [-0.3, -0.25) is 4.98 Å². The van der Waals surface area contributed by atoms with Crippen molar-refractivity contribution in [3.05, 3.63) is 36.0 Å². The molecule has 0 radical (unpaired) electrons. The normalized spacial score (nSPS) is 19.5. The summed E-state index contributed by atoms with van der Waals surface area (Å²) >= 11 is 0. The van der Waals surface area contributed by atoms with Crippen molar-refractivity contribution in [1.29, 1.82) is 0 Å². The van der Waals surface area contributed by atoms with Gasteiger partial charge in [0, 0.05) is 37.5 Å². The van der Waals surface area contributed by atoms with Crippen LogP contribution < -0.4 is 4.90 Å². The number of anilines is 1. The fraction of sp³-hybridized carbons (Fsp3) is 0.471. The second-order valence-electron chi connectivity index (χ2n) is 5.71. The van der Waals surface area contributed by atoms with E-state index >= 15 is 0 Å². The second kappa shape index (κ2) is 5.80. The van der Waals surface area contributed by atoms with Gasteiger partial charge in [-0.05, 0) is 37.3 Å². The molecular formula is C17H22N2O. The van der Waals surface area contributed by atoms with Gasteiger partial charge in [-0.15, -0.1) is 0 Å². The first-order valence-electron chi connectivity index (χ1n) is 7.38. The summed E-state index contributed by atoms with van der Waals surface area (Å²) in [6, 6.07) is 8.59. The Hall–Kier alpha value is -1.61. The third kappa shape index (κ3) is 2.50. The van der Waals surface area contributed by atoms with Gasteiger partial charge in [0.1, 0.15) is 0 Å². The summed E-state index contributed by atoms with van der Waals surface area (Å²) in [4.78, 5) is 7.04. The van der Waals surface area contributed by atoms with Gasteiger partial charge in [-0.1, -0.05) is 18.2 Å². The van der Waals surface area contributed by atoms with E-state index in [1.807, 2.05) is 6.20 Å². The van der Waals surface area contributed by atoms with Crippen LogP contribution >= 0.6 is 0 Å². The Morgan fingerprint density at radius 3 is 3.10 bits per heavy atom. The van der Waals surface area contributed by atoms with E-state index < -0.39 is 0 Å². The maximum atomic E-state index is 5.33. The lowest BCUT2D eigenvalue weighted by molar-refractivity contribution is 0.143. The van der Waals surface area contributed by atoms with Crippen LogP contribution in [0.25, 0.3) is 10.9 Å². The molecule has 2 heterocycles. The topological polar surface area (TPSA) is 25.4 Å². The van der Waals surface area contributed by atoms with Crippen molar-refractivity contribution in [2.24, 2.45) is 5.92 Å². The Bertz CT molecular complexity index is 595.